The van der Waals surface area contributed by atoms with Gasteiger partial charge in [0.25, 0.3) is 0 Å². The zero-order chi connectivity index (χ0) is 13.7. The molecule has 1 unspecified atom stereocenters. The third kappa shape index (κ3) is 3.37. The Kier molecular flexibility index (Phi) is 4.61. The molecule has 0 bridgehead atoms. The Bertz CT molecular complexity index is 459. The fourth-order valence-electron chi connectivity index (χ4n) is 2.47. The summed E-state index contributed by atoms with van der Waals surface area (Å²) in [7, 11) is 1.65. The lowest BCUT2D eigenvalue weighted by molar-refractivity contribution is -0.146. The van der Waals surface area contributed by atoms with Crippen molar-refractivity contribution in [2.24, 2.45) is 5.92 Å². The highest BCUT2D eigenvalue weighted by Crippen LogP contribution is 2.33. The van der Waals surface area contributed by atoms with Crippen LogP contribution in [0.5, 0.6) is 5.75 Å². The van der Waals surface area contributed by atoms with E-state index in [0.717, 1.165) is 30.6 Å². The maximum atomic E-state index is 11.9. The number of hydrogen-bond acceptors (Lipinski definition) is 3. The maximum Gasteiger partial charge on any atom is 0.313 e. The molecule has 0 N–H and O–H groups in total. The Hall–Kier alpha value is -1.77. The molecule has 0 amide bonds. The van der Waals surface area contributed by atoms with Gasteiger partial charge in [0.1, 0.15) is 5.75 Å². The van der Waals surface area contributed by atoms with Crippen molar-refractivity contribution in [1.29, 1.82) is 0 Å². The van der Waals surface area contributed by atoms with Crippen molar-refractivity contribution in [3.05, 3.63) is 35.4 Å². The lowest BCUT2D eigenvalue weighted by atomic mass is 10.0. The molecule has 1 aromatic rings. The molecular formula is C16H20O3. The lowest BCUT2D eigenvalue weighted by Gasteiger charge is -2.11. The molecular weight excluding hydrogens is 240 g/mol. The van der Waals surface area contributed by atoms with Crippen molar-refractivity contribution < 1.29 is 14.3 Å². The summed E-state index contributed by atoms with van der Waals surface area (Å²) in [6.07, 6.45) is 5.05. The Morgan fingerprint density at radius 2 is 2.11 bits per heavy atom. The molecule has 1 atom stereocenters. The molecule has 102 valence electrons. The van der Waals surface area contributed by atoms with Gasteiger partial charge in [-0.15, -0.1) is 0 Å². The van der Waals surface area contributed by atoms with Crippen molar-refractivity contribution in [3.8, 4) is 5.75 Å². The van der Waals surface area contributed by atoms with Crippen LogP contribution in [0.15, 0.2) is 29.8 Å². The summed E-state index contributed by atoms with van der Waals surface area (Å²) >= 11 is 0. The molecule has 3 heteroatoms. The third-order valence-electron chi connectivity index (χ3n) is 3.44. The van der Waals surface area contributed by atoms with E-state index in [1.165, 1.54) is 5.57 Å². The van der Waals surface area contributed by atoms with Crippen LogP contribution in [0.1, 0.15) is 31.7 Å². The zero-order valence-corrected chi connectivity index (χ0v) is 11.5. The first kappa shape index (κ1) is 13.7. The molecule has 0 radical (unpaired) electrons. The summed E-state index contributed by atoms with van der Waals surface area (Å²) < 4.78 is 10.3. The Morgan fingerprint density at radius 3 is 2.74 bits per heavy atom. The van der Waals surface area contributed by atoms with Gasteiger partial charge in [0.15, 0.2) is 0 Å². The predicted molar refractivity (Wildman–Crippen MR) is 74.9 cm³/mol. The van der Waals surface area contributed by atoms with E-state index in [4.69, 9.17) is 9.47 Å². The quantitative estimate of drug-likeness (QED) is 0.778. The van der Waals surface area contributed by atoms with E-state index >= 15 is 0 Å². The van der Waals surface area contributed by atoms with Crippen LogP contribution in [0.3, 0.4) is 0 Å². The van der Waals surface area contributed by atoms with Gasteiger partial charge in [-0.25, -0.2) is 0 Å². The van der Waals surface area contributed by atoms with Crippen LogP contribution in [-0.4, -0.2) is 19.7 Å². The van der Waals surface area contributed by atoms with E-state index in [9.17, 15) is 4.79 Å². The summed E-state index contributed by atoms with van der Waals surface area (Å²) in [5.74, 6) is 0.706. The van der Waals surface area contributed by atoms with Crippen molar-refractivity contribution in [2.75, 3.05) is 13.7 Å². The number of ether oxygens (including phenoxy) is 2. The molecule has 0 heterocycles. The monoisotopic (exact) mass is 260 g/mol. The molecule has 0 aromatic heterocycles. The van der Waals surface area contributed by atoms with E-state index in [1.807, 2.05) is 31.2 Å². The Balaban J connectivity index is 2.14. The number of hydrogen-bond donors (Lipinski definition) is 0. The summed E-state index contributed by atoms with van der Waals surface area (Å²) in [6.45, 7) is 2.30. The minimum Gasteiger partial charge on any atom is -0.497 e. The van der Waals surface area contributed by atoms with E-state index in [2.05, 4.69) is 6.08 Å². The summed E-state index contributed by atoms with van der Waals surface area (Å²) in [6, 6.07) is 7.88. The molecule has 19 heavy (non-hydrogen) atoms. The first-order chi connectivity index (χ1) is 9.24. The molecule has 2 rings (SSSR count). The van der Waals surface area contributed by atoms with E-state index < -0.39 is 0 Å². The minimum atomic E-state index is -0.0836. The lowest BCUT2D eigenvalue weighted by Crippen LogP contribution is -2.16. The molecule has 1 aliphatic carbocycles. The van der Waals surface area contributed by atoms with Gasteiger partial charge in [0.05, 0.1) is 19.6 Å². The molecule has 1 fully saturated rings. The number of methoxy groups -OCH3 is 1. The van der Waals surface area contributed by atoms with Gasteiger partial charge in [-0.05, 0) is 43.9 Å². The second kappa shape index (κ2) is 6.41. The summed E-state index contributed by atoms with van der Waals surface area (Å²) in [5.41, 5.74) is 2.29. The fraction of sp³-hybridized carbons (Fsp3) is 0.438. The molecule has 0 spiro atoms. The highest BCUT2D eigenvalue weighted by Gasteiger charge is 2.28. The van der Waals surface area contributed by atoms with Crippen LogP contribution in [0.25, 0.3) is 6.08 Å². The van der Waals surface area contributed by atoms with Gasteiger partial charge in [-0.3, -0.25) is 4.79 Å². The minimum absolute atomic E-state index is 0.0537. The molecule has 0 aliphatic heterocycles. The van der Waals surface area contributed by atoms with Crippen molar-refractivity contribution >= 4 is 12.0 Å². The molecule has 3 nitrogen and oxygen atoms in total. The van der Waals surface area contributed by atoms with Crippen LogP contribution in [0.2, 0.25) is 0 Å². The Labute approximate surface area is 114 Å². The number of rotatable bonds is 4. The van der Waals surface area contributed by atoms with Gasteiger partial charge < -0.3 is 9.47 Å². The van der Waals surface area contributed by atoms with Crippen LogP contribution in [-0.2, 0) is 9.53 Å². The van der Waals surface area contributed by atoms with Gasteiger partial charge in [-0.2, -0.15) is 0 Å². The fourth-order valence-corrected chi connectivity index (χ4v) is 2.47. The van der Waals surface area contributed by atoms with Gasteiger partial charge in [0.2, 0.25) is 0 Å². The summed E-state index contributed by atoms with van der Waals surface area (Å²) in [5, 5.41) is 0. The smallest absolute Gasteiger partial charge is 0.313 e. The standard InChI is InChI=1S/C16H20O3/c1-3-19-16(17)15-6-4-5-13(15)11-12-7-9-14(18-2)10-8-12/h7-11,15H,3-6H2,1-2H3/b13-11+. The van der Waals surface area contributed by atoms with Gasteiger partial charge in [-0.1, -0.05) is 23.8 Å². The molecule has 0 saturated heterocycles. The number of carbonyl (C=O) groups is 1. The second-order valence-electron chi connectivity index (χ2n) is 4.69. The maximum absolute atomic E-state index is 11.9. The van der Waals surface area contributed by atoms with Gasteiger partial charge >= 0.3 is 5.97 Å². The first-order valence-corrected chi connectivity index (χ1v) is 6.75. The number of benzene rings is 1. The van der Waals surface area contributed by atoms with Crippen LogP contribution >= 0.6 is 0 Å². The number of carbonyl (C=O) groups excluding carboxylic acids is 1. The molecule has 1 saturated carbocycles. The third-order valence-corrected chi connectivity index (χ3v) is 3.44. The van der Waals surface area contributed by atoms with Crippen LogP contribution < -0.4 is 4.74 Å². The SMILES string of the molecule is CCOC(=O)C1CCC/C1=C\c1ccc(OC)cc1. The summed E-state index contributed by atoms with van der Waals surface area (Å²) in [4.78, 5) is 11.9. The topological polar surface area (TPSA) is 35.5 Å². The normalized spacial score (nSPS) is 20.5. The van der Waals surface area contributed by atoms with Crippen molar-refractivity contribution in [1.82, 2.24) is 0 Å². The van der Waals surface area contributed by atoms with E-state index in [-0.39, 0.29) is 11.9 Å². The van der Waals surface area contributed by atoms with Crippen LogP contribution in [0, 0.1) is 5.92 Å². The van der Waals surface area contributed by atoms with Crippen molar-refractivity contribution in [2.45, 2.75) is 26.2 Å². The largest absolute Gasteiger partial charge is 0.497 e. The number of esters is 1. The molecule has 1 aliphatic rings. The highest BCUT2D eigenvalue weighted by molar-refractivity contribution is 5.78. The average molecular weight is 260 g/mol. The molecule has 1 aromatic carbocycles. The predicted octanol–water partition coefficient (Wildman–Crippen LogP) is 3.44. The second-order valence-corrected chi connectivity index (χ2v) is 4.69. The first-order valence-electron chi connectivity index (χ1n) is 6.75. The zero-order valence-electron chi connectivity index (χ0n) is 11.5. The van der Waals surface area contributed by atoms with E-state index in [1.54, 1.807) is 7.11 Å². The highest BCUT2D eigenvalue weighted by atomic mass is 16.5. The van der Waals surface area contributed by atoms with Crippen molar-refractivity contribution in [3.63, 3.8) is 0 Å². The van der Waals surface area contributed by atoms with Crippen LogP contribution in [0.4, 0.5) is 0 Å². The Morgan fingerprint density at radius 1 is 1.37 bits per heavy atom. The average Bonchev–Trinajstić information content (AvgIpc) is 2.88. The van der Waals surface area contributed by atoms with Gasteiger partial charge in [0, 0.05) is 0 Å². The van der Waals surface area contributed by atoms with E-state index in [0.29, 0.717) is 6.61 Å².